The molecule has 84 valence electrons. The minimum Gasteiger partial charge on any atom is -0.329 e. The van der Waals surface area contributed by atoms with Gasteiger partial charge in [-0.25, -0.2) is 4.79 Å². The number of nitrogens with one attached hydrogen (secondary N) is 1. The molecule has 0 aromatic carbocycles. The Morgan fingerprint density at radius 1 is 1.73 bits per heavy atom. The van der Waals surface area contributed by atoms with Gasteiger partial charge < -0.3 is 5.73 Å². The molecule has 15 heavy (non-hydrogen) atoms. The molecule has 1 saturated carbocycles. The molecule has 0 amide bonds. The second-order valence-corrected chi connectivity index (χ2v) is 4.83. The van der Waals surface area contributed by atoms with Crippen LogP contribution in [-0.2, 0) is 5.41 Å². The van der Waals surface area contributed by atoms with E-state index >= 15 is 0 Å². The van der Waals surface area contributed by atoms with Crippen LogP contribution in [0.25, 0.3) is 0 Å². The Morgan fingerprint density at radius 3 is 2.93 bits per heavy atom. The molecule has 1 fully saturated rings. The van der Waals surface area contributed by atoms with E-state index in [2.05, 4.69) is 28.5 Å². The second kappa shape index (κ2) is 3.48. The highest BCUT2D eigenvalue weighted by molar-refractivity contribution is 5.22. The molecule has 2 unspecified atom stereocenters. The molecule has 1 aliphatic carbocycles. The second-order valence-electron chi connectivity index (χ2n) is 4.83. The van der Waals surface area contributed by atoms with Crippen LogP contribution in [0.3, 0.4) is 0 Å². The van der Waals surface area contributed by atoms with Crippen molar-refractivity contribution in [2.75, 3.05) is 6.54 Å². The summed E-state index contributed by atoms with van der Waals surface area (Å²) in [4.78, 5) is 13.5. The van der Waals surface area contributed by atoms with Crippen molar-refractivity contribution in [3.05, 3.63) is 16.4 Å². The largest absolute Gasteiger partial charge is 0.438 e. The normalized spacial score (nSPS) is 29.7. The summed E-state index contributed by atoms with van der Waals surface area (Å²) < 4.78 is 4.53. The third-order valence-corrected chi connectivity index (χ3v) is 3.26. The standard InChI is InChI=1S/C10H17N3O2/c1-6(2)3-7-4-10(7,5-11)8-12-9(14)15-13-8/h6-7H,3-5,11H2,1-2H3,(H,12,13,14). The Labute approximate surface area is 88.0 Å². The van der Waals surface area contributed by atoms with Crippen LogP contribution < -0.4 is 11.5 Å². The number of H-pyrrole nitrogens is 1. The Bertz CT molecular complexity index is 395. The highest BCUT2D eigenvalue weighted by Gasteiger charge is 2.56. The zero-order valence-electron chi connectivity index (χ0n) is 9.12. The van der Waals surface area contributed by atoms with Gasteiger partial charge >= 0.3 is 5.76 Å². The lowest BCUT2D eigenvalue weighted by Gasteiger charge is -2.11. The summed E-state index contributed by atoms with van der Waals surface area (Å²) in [7, 11) is 0. The van der Waals surface area contributed by atoms with Gasteiger partial charge in [0.15, 0.2) is 5.82 Å². The minimum absolute atomic E-state index is 0.129. The Hall–Kier alpha value is -1.10. The van der Waals surface area contributed by atoms with E-state index in [4.69, 9.17) is 5.73 Å². The van der Waals surface area contributed by atoms with E-state index in [0.717, 1.165) is 12.8 Å². The molecule has 0 spiro atoms. The molecular weight excluding hydrogens is 194 g/mol. The van der Waals surface area contributed by atoms with Gasteiger partial charge in [0.05, 0.1) is 0 Å². The molecule has 2 rings (SSSR count). The Morgan fingerprint density at radius 2 is 2.47 bits per heavy atom. The fourth-order valence-corrected chi connectivity index (χ4v) is 2.34. The number of hydrogen-bond donors (Lipinski definition) is 2. The third-order valence-electron chi connectivity index (χ3n) is 3.26. The van der Waals surface area contributed by atoms with Crippen LogP contribution in [0.5, 0.6) is 0 Å². The van der Waals surface area contributed by atoms with E-state index in [9.17, 15) is 4.79 Å². The van der Waals surface area contributed by atoms with Crippen molar-refractivity contribution < 1.29 is 4.52 Å². The number of nitrogens with two attached hydrogens (primary N) is 1. The van der Waals surface area contributed by atoms with Gasteiger partial charge in [0, 0.05) is 12.0 Å². The number of hydrogen-bond acceptors (Lipinski definition) is 4. The predicted molar refractivity (Wildman–Crippen MR) is 55.4 cm³/mol. The summed E-state index contributed by atoms with van der Waals surface area (Å²) in [5, 5.41) is 3.76. The van der Waals surface area contributed by atoms with Crippen molar-refractivity contribution in [1.29, 1.82) is 0 Å². The van der Waals surface area contributed by atoms with Crippen LogP contribution in [0.2, 0.25) is 0 Å². The fourth-order valence-electron chi connectivity index (χ4n) is 2.34. The molecule has 1 aromatic heterocycles. The monoisotopic (exact) mass is 211 g/mol. The molecule has 0 saturated heterocycles. The minimum atomic E-state index is -0.493. The van der Waals surface area contributed by atoms with E-state index in [-0.39, 0.29) is 5.41 Å². The van der Waals surface area contributed by atoms with Gasteiger partial charge in [0.1, 0.15) is 0 Å². The zero-order chi connectivity index (χ0) is 11.1. The van der Waals surface area contributed by atoms with E-state index in [0.29, 0.717) is 24.2 Å². The van der Waals surface area contributed by atoms with Crippen molar-refractivity contribution in [3.63, 3.8) is 0 Å². The van der Waals surface area contributed by atoms with Gasteiger partial charge in [-0.1, -0.05) is 19.0 Å². The first-order valence-corrected chi connectivity index (χ1v) is 5.35. The molecule has 0 aliphatic heterocycles. The molecule has 1 heterocycles. The number of aromatic amines is 1. The first-order chi connectivity index (χ1) is 7.08. The van der Waals surface area contributed by atoms with Crippen molar-refractivity contribution >= 4 is 0 Å². The van der Waals surface area contributed by atoms with Crippen LogP contribution in [0.4, 0.5) is 0 Å². The van der Waals surface area contributed by atoms with Crippen LogP contribution in [-0.4, -0.2) is 16.7 Å². The van der Waals surface area contributed by atoms with Crippen LogP contribution in [0, 0.1) is 11.8 Å². The molecule has 0 radical (unpaired) electrons. The molecule has 1 aliphatic rings. The number of aromatic nitrogens is 2. The summed E-state index contributed by atoms with van der Waals surface area (Å²) in [6.07, 6.45) is 2.12. The molecule has 5 nitrogen and oxygen atoms in total. The predicted octanol–water partition coefficient (Wildman–Crippen LogP) is 0.625. The van der Waals surface area contributed by atoms with Gasteiger partial charge in [-0.05, 0) is 24.7 Å². The maximum Gasteiger partial charge on any atom is 0.438 e. The van der Waals surface area contributed by atoms with Crippen molar-refractivity contribution in [1.82, 2.24) is 10.1 Å². The molecular formula is C10H17N3O2. The van der Waals surface area contributed by atoms with Crippen molar-refractivity contribution in [3.8, 4) is 0 Å². The van der Waals surface area contributed by atoms with Crippen molar-refractivity contribution in [2.45, 2.75) is 32.1 Å². The van der Waals surface area contributed by atoms with Gasteiger partial charge in [-0.3, -0.25) is 9.51 Å². The highest BCUT2D eigenvalue weighted by atomic mass is 16.5. The average molecular weight is 211 g/mol. The summed E-state index contributed by atoms with van der Waals surface area (Å²) in [5.74, 6) is 1.30. The summed E-state index contributed by atoms with van der Waals surface area (Å²) in [6.45, 7) is 4.89. The first-order valence-electron chi connectivity index (χ1n) is 5.35. The molecule has 1 aromatic rings. The smallest absolute Gasteiger partial charge is 0.329 e. The van der Waals surface area contributed by atoms with E-state index in [1.165, 1.54) is 0 Å². The topological polar surface area (TPSA) is 84.9 Å². The lowest BCUT2D eigenvalue weighted by Crippen LogP contribution is -2.25. The van der Waals surface area contributed by atoms with Gasteiger partial charge in [0.2, 0.25) is 0 Å². The molecule has 3 N–H and O–H groups in total. The van der Waals surface area contributed by atoms with Crippen LogP contribution in [0.15, 0.2) is 9.32 Å². The molecule has 0 bridgehead atoms. The van der Waals surface area contributed by atoms with E-state index < -0.39 is 5.76 Å². The van der Waals surface area contributed by atoms with E-state index in [1.807, 2.05) is 0 Å². The maximum atomic E-state index is 10.9. The Balaban J connectivity index is 2.16. The lowest BCUT2D eigenvalue weighted by atomic mass is 9.97. The summed E-state index contributed by atoms with van der Waals surface area (Å²) in [6, 6.07) is 0. The maximum absolute atomic E-state index is 10.9. The fraction of sp³-hybridized carbons (Fsp3) is 0.800. The lowest BCUT2D eigenvalue weighted by molar-refractivity contribution is 0.371. The molecule has 5 heteroatoms. The number of rotatable bonds is 4. The SMILES string of the molecule is CC(C)CC1CC1(CN)c1noc(=O)[nH]1. The quantitative estimate of drug-likeness (QED) is 0.764. The van der Waals surface area contributed by atoms with Crippen molar-refractivity contribution in [2.24, 2.45) is 17.6 Å². The van der Waals surface area contributed by atoms with E-state index in [1.54, 1.807) is 0 Å². The zero-order valence-corrected chi connectivity index (χ0v) is 9.12. The van der Waals surface area contributed by atoms with Gasteiger partial charge in [0.25, 0.3) is 0 Å². The average Bonchev–Trinajstić information content (AvgIpc) is 2.68. The van der Waals surface area contributed by atoms with Crippen LogP contribution in [0.1, 0.15) is 32.5 Å². The first kappa shape index (κ1) is 10.4. The highest BCUT2D eigenvalue weighted by Crippen LogP contribution is 2.54. The summed E-state index contributed by atoms with van der Waals surface area (Å²) in [5.41, 5.74) is 5.64. The Kier molecular flexibility index (Phi) is 2.42. The van der Waals surface area contributed by atoms with Gasteiger partial charge in [-0.2, -0.15) is 0 Å². The summed E-state index contributed by atoms with van der Waals surface area (Å²) >= 11 is 0. The molecule has 2 atom stereocenters. The third kappa shape index (κ3) is 1.71. The number of nitrogens with zero attached hydrogens (tertiary/aromatic N) is 1. The van der Waals surface area contributed by atoms with Gasteiger partial charge in [-0.15, -0.1) is 0 Å². The van der Waals surface area contributed by atoms with Crippen LogP contribution >= 0.6 is 0 Å².